The summed E-state index contributed by atoms with van der Waals surface area (Å²) in [5, 5.41) is 0.322. The molecule has 4 aromatic rings. The first-order valence-corrected chi connectivity index (χ1v) is 38.1. The first-order valence-electron chi connectivity index (χ1n) is 27.4. The van der Waals surface area contributed by atoms with Crippen molar-refractivity contribution < 1.29 is 222 Å². The molecule has 0 spiro atoms. The standard InChI is InChI=1S/C10H13N2OS.C10H12N2OS.C10H12NOS.C6H5ClN.C4H9NOS.C4H8NOS.C4H8OS.4C2H6.2CH4.6Y/c2*11-14(13)6-2-4-10(14)7-9-3-1-5-12-8-9;12-13-6-2-4-10(13)7-9-3-1-5-11-8-9;7-4-6-2-1-3-8-5-6;2*5-7(6)3-1-2-4-7;5-6-3-1-2-4-6;4*1-2;;;;;;;;/h1,3,8,10-11H,2,4,6-7H2;1,3,8,10H,2,4,6-7H2;1,3,8,10H,2,4,6-7H2;1-2,5H,4H2;5H,1-4H2;1-4H2;1-4H2;4*1-2H3;2*1H4;;;;;;/q-1;-2;2*-1;;-1;;;;;;;;;;;;;. The summed E-state index contributed by atoms with van der Waals surface area (Å²) < 4.78 is 99.5. The Hall–Kier alpha value is 3.61. The van der Waals surface area contributed by atoms with Gasteiger partial charge in [0.25, 0.3) is 0 Å². The monoisotopic (exact) mass is 1760 g/mol. The van der Waals surface area contributed by atoms with Gasteiger partial charge in [-0.05, 0) is 114 Å². The normalized spacial score (nSPS) is 22.3. The number of hydrogen-bond donors (Lipinski definition) is 2. The van der Waals surface area contributed by atoms with Crippen LogP contribution in [0.3, 0.4) is 0 Å². The first-order chi connectivity index (χ1) is 37.0. The zero-order valence-electron chi connectivity index (χ0n) is 50.8. The molecule has 27 heteroatoms. The van der Waals surface area contributed by atoms with E-state index in [4.69, 9.17) is 25.9 Å². The van der Waals surface area contributed by atoms with Crippen molar-refractivity contribution in [1.29, 1.82) is 9.56 Å². The van der Waals surface area contributed by atoms with Gasteiger partial charge in [0.1, 0.15) is 0 Å². The van der Waals surface area contributed by atoms with Crippen LogP contribution in [0.5, 0.6) is 0 Å². The largest absolute Gasteiger partial charge is 0.751 e. The minimum absolute atomic E-state index is 0. The maximum atomic E-state index is 11.8. The molecular weight excluding hydrogens is 1670 g/mol. The number of hydrogen-bond acceptors (Lipinski definition) is 12. The van der Waals surface area contributed by atoms with Crippen molar-refractivity contribution in [3.05, 3.63) is 130 Å². The third kappa shape index (κ3) is 52.5. The Morgan fingerprint density at radius 1 is 0.494 bits per heavy atom. The van der Waals surface area contributed by atoms with Crippen molar-refractivity contribution >= 4 is 72.1 Å². The zero-order chi connectivity index (χ0) is 58.0. The summed E-state index contributed by atoms with van der Waals surface area (Å²) in [4.78, 5) is 15.4. The van der Waals surface area contributed by atoms with Gasteiger partial charge in [0.2, 0.25) is 0 Å². The minimum Gasteiger partial charge on any atom is -0.751 e. The molecule has 85 heavy (non-hydrogen) atoms. The average molecular weight is 1770 g/mol. The molecule has 6 saturated heterocycles. The molecule has 6 aliphatic rings. The van der Waals surface area contributed by atoms with Crippen LogP contribution in [0, 0.1) is 34.3 Å². The summed E-state index contributed by atoms with van der Waals surface area (Å²) in [6, 6.07) is 14.8. The van der Waals surface area contributed by atoms with Gasteiger partial charge in [-0.15, -0.1) is 53.3 Å². The second-order valence-corrected chi connectivity index (χ2v) is 31.1. The van der Waals surface area contributed by atoms with Crippen molar-refractivity contribution in [2.24, 2.45) is 0 Å². The van der Waals surface area contributed by atoms with E-state index in [1.165, 1.54) is 18.4 Å². The van der Waals surface area contributed by atoms with Crippen LogP contribution in [0.1, 0.15) is 170 Å². The van der Waals surface area contributed by atoms with Crippen LogP contribution in [0.25, 0.3) is 9.56 Å². The van der Waals surface area contributed by atoms with Gasteiger partial charge in [0, 0.05) is 293 Å². The molecule has 6 atom stereocenters. The number of rotatable bonds is 7. The molecule has 6 fully saturated rings. The summed E-state index contributed by atoms with van der Waals surface area (Å²) in [6.07, 6.45) is 32.1. The molecule has 6 radical (unpaired) electrons. The summed E-state index contributed by atoms with van der Waals surface area (Å²) in [7, 11) is -10.3. The van der Waals surface area contributed by atoms with E-state index in [2.05, 4.69) is 44.7 Å². The van der Waals surface area contributed by atoms with Crippen LogP contribution >= 0.6 is 11.6 Å². The second kappa shape index (κ2) is 66.2. The van der Waals surface area contributed by atoms with E-state index in [0.717, 1.165) is 111 Å². The van der Waals surface area contributed by atoms with Crippen molar-refractivity contribution in [3.63, 3.8) is 0 Å². The Kier molecular flexibility index (Phi) is 83.6. The van der Waals surface area contributed by atoms with Crippen LogP contribution < -0.4 is 0 Å². The van der Waals surface area contributed by atoms with E-state index in [1.54, 1.807) is 36.8 Å². The Morgan fingerprint density at radius 3 is 1.11 bits per heavy atom. The predicted molar refractivity (Wildman–Crippen MR) is 343 cm³/mol. The summed E-state index contributed by atoms with van der Waals surface area (Å²) in [5.41, 5.74) is 4.30. The molecule has 10 heterocycles. The maximum absolute atomic E-state index is 11.8. The van der Waals surface area contributed by atoms with E-state index in [1.807, 2.05) is 91.9 Å². The number of pyridine rings is 4. The van der Waals surface area contributed by atoms with E-state index in [0.29, 0.717) is 52.1 Å². The molecule has 6 aliphatic heterocycles. The van der Waals surface area contributed by atoms with Crippen molar-refractivity contribution in [1.82, 2.24) is 19.9 Å². The fourth-order valence-electron chi connectivity index (χ4n) is 7.96. The van der Waals surface area contributed by atoms with Crippen LogP contribution in [-0.2, 0) is 282 Å². The van der Waals surface area contributed by atoms with Crippen molar-refractivity contribution in [3.8, 4) is 0 Å². The molecule has 0 saturated carbocycles. The summed E-state index contributed by atoms with van der Waals surface area (Å²) >= 11 is 5.47. The van der Waals surface area contributed by atoms with Crippen molar-refractivity contribution in [2.45, 2.75) is 188 Å². The predicted octanol–water partition coefficient (Wildman–Crippen LogP) is 13.7. The molecule has 2 N–H and O–H groups in total. The van der Waals surface area contributed by atoms with Crippen molar-refractivity contribution in [2.75, 3.05) is 51.8 Å². The van der Waals surface area contributed by atoms with Gasteiger partial charge < -0.3 is 29.5 Å². The Labute approximate surface area is 681 Å². The molecule has 0 aromatic carbocycles. The number of alkyl halides is 1. The Morgan fingerprint density at radius 2 is 0.859 bits per heavy atom. The van der Waals surface area contributed by atoms with E-state index in [9.17, 15) is 30.0 Å². The maximum Gasteiger partial charge on any atom is 0.0473 e. The number of halogens is 1. The molecule has 474 valence electrons. The van der Waals surface area contributed by atoms with E-state index in [-0.39, 0.29) is 222 Å². The van der Waals surface area contributed by atoms with Gasteiger partial charge in [-0.3, -0.25) is 26.4 Å². The van der Waals surface area contributed by atoms with Gasteiger partial charge in [-0.25, -0.2) is 8.42 Å². The fraction of sp³-hybridized carbons (Fsp3) is 0.655. The molecule has 6 unspecified atom stereocenters. The number of aromatic nitrogens is 4. The van der Waals surface area contributed by atoms with Crippen LogP contribution in [0.15, 0.2) is 73.3 Å². The first kappa shape index (κ1) is 107. The van der Waals surface area contributed by atoms with Crippen LogP contribution in [0.4, 0.5) is 0 Å². The Balaban J connectivity index is -0.000000111. The second-order valence-electron chi connectivity index (χ2n) is 17.5. The van der Waals surface area contributed by atoms with Gasteiger partial charge in [0.05, 0.1) is 0 Å². The van der Waals surface area contributed by atoms with Gasteiger partial charge in [0.15, 0.2) is 0 Å². The number of nitrogens with zero attached hydrogens (tertiary/aromatic N) is 6. The molecule has 0 amide bonds. The molecule has 4 aromatic heterocycles. The third-order valence-corrected chi connectivity index (χ3v) is 23.9. The smallest absolute Gasteiger partial charge is 0.0473 e. The van der Waals surface area contributed by atoms with Crippen LogP contribution in [0.2, 0.25) is 0 Å². The molecule has 0 aliphatic carbocycles. The van der Waals surface area contributed by atoms with Crippen LogP contribution in [-0.4, -0.2) is 113 Å². The van der Waals surface area contributed by atoms with E-state index < -0.39 is 60.5 Å². The summed E-state index contributed by atoms with van der Waals surface area (Å²) in [6.45, 7) is 16.0. The zero-order valence-corrected chi connectivity index (χ0v) is 73.4. The minimum atomic E-state index is -2.57. The molecular formula is C58H99ClN8O6S6Y6-6. The van der Waals surface area contributed by atoms with Gasteiger partial charge >= 0.3 is 0 Å². The quantitative estimate of drug-likeness (QED) is 0.131. The fourth-order valence-corrected chi connectivity index (χ4v) is 17.9. The SMILES string of the molecule is C.C.CC.CC.CC.CC.ClCc1cc[c-]nc1.N=S1(=O)CCCC1.N=S1(=O)CCCC1Cc1cc[c-]nc1.O=S1CCCC1.O=S1CCCC1Cc1cc[c-]nc1.[N-]=S1(=O)CCCC1.[N-]=S1(=O)CCCC1Cc1cc[c-]nc1.[Y].[Y].[Y].[Y].[Y].[Y]. The molecule has 14 nitrogen and oxygen atoms in total. The van der Waals surface area contributed by atoms with Gasteiger partial charge in [-0.1, -0.05) is 120 Å². The van der Waals surface area contributed by atoms with Gasteiger partial charge in [-0.2, -0.15) is 48.5 Å². The molecule has 0 bridgehead atoms. The number of nitrogens with one attached hydrogen (secondary N) is 2. The summed E-state index contributed by atoms with van der Waals surface area (Å²) in [5.74, 6) is 6.73. The van der Waals surface area contributed by atoms with E-state index >= 15 is 0 Å². The third-order valence-electron chi connectivity index (χ3n) is 11.9. The average Bonchev–Trinajstić information content (AvgIpc) is 4.36. The molecule has 10 rings (SSSR count). The topological polar surface area (TPSA) is 246 Å². The Bertz CT molecular complexity index is 2470.